The van der Waals surface area contributed by atoms with Gasteiger partial charge >= 0.3 is 0 Å². The molecule has 5 nitrogen and oxygen atoms in total. The van der Waals surface area contributed by atoms with Crippen LogP contribution in [0.2, 0.25) is 0 Å². The van der Waals surface area contributed by atoms with E-state index < -0.39 is 0 Å². The second-order valence-corrected chi connectivity index (χ2v) is 6.74. The van der Waals surface area contributed by atoms with Crippen molar-refractivity contribution < 1.29 is 9.53 Å². The van der Waals surface area contributed by atoms with Gasteiger partial charge in [-0.2, -0.15) is 0 Å². The lowest BCUT2D eigenvalue weighted by molar-refractivity contribution is 0.00384. The number of amides is 1. The maximum absolute atomic E-state index is 12.9. The largest absolute Gasteiger partial charge is 0.377 e. The first-order chi connectivity index (χ1) is 10.5. The molecule has 2 aromatic heterocycles. The number of hydrogen-bond acceptors (Lipinski definition) is 5. The SMILES string of the molecule is CCc1nc(C)c2c(C)c(C(=O)N3CCOCC3C)sc2n1. The third kappa shape index (κ3) is 2.50. The molecule has 0 spiro atoms. The van der Waals surface area contributed by atoms with Crippen LogP contribution in [0.1, 0.15) is 40.6 Å². The summed E-state index contributed by atoms with van der Waals surface area (Å²) in [6.07, 6.45) is 0.803. The van der Waals surface area contributed by atoms with Crippen molar-refractivity contribution in [1.29, 1.82) is 0 Å². The van der Waals surface area contributed by atoms with E-state index in [1.165, 1.54) is 11.3 Å². The van der Waals surface area contributed by atoms with Gasteiger partial charge < -0.3 is 9.64 Å². The quantitative estimate of drug-likeness (QED) is 0.854. The first kappa shape index (κ1) is 15.4. The van der Waals surface area contributed by atoms with Crippen LogP contribution in [-0.2, 0) is 11.2 Å². The topological polar surface area (TPSA) is 55.3 Å². The molecule has 1 saturated heterocycles. The lowest BCUT2D eigenvalue weighted by atomic mass is 10.1. The summed E-state index contributed by atoms with van der Waals surface area (Å²) in [7, 11) is 0. The average molecular weight is 319 g/mol. The van der Waals surface area contributed by atoms with Crippen LogP contribution < -0.4 is 0 Å². The normalized spacial score (nSPS) is 18.9. The molecule has 0 bridgehead atoms. The minimum Gasteiger partial charge on any atom is -0.377 e. The van der Waals surface area contributed by atoms with Crippen molar-refractivity contribution in [1.82, 2.24) is 14.9 Å². The van der Waals surface area contributed by atoms with E-state index in [0.29, 0.717) is 19.8 Å². The van der Waals surface area contributed by atoms with Crippen LogP contribution in [0.3, 0.4) is 0 Å². The highest BCUT2D eigenvalue weighted by atomic mass is 32.1. The van der Waals surface area contributed by atoms with Crippen LogP contribution in [-0.4, -0.2) is 46.6 Å². The van der Waals surface area contributed by atoms with Gasteiger partial charge in [-0.1, -0.05) is 6.92 Å². The van der Waals surface area contributed by atoms with E-state index in [0.717, 1.165) is 38.6 Å². The number of thiophene rings is 1. The van der Waals surface area contributed by atoms with Crippen LogP contribution in [0.5, 0.6) is 0 Å². The molecule has 2 aromatic rings. The number of aryl methyl sites for hydroxylation is 3. The molecule has 1 fully saturated rings. The van der Waals surface area contributed by atoms with Crippen molar-refractivity contribution in [3.05, 3.63) is 22.0 Å². The van der Waals surface area contributed by atoms with Gasteiger partial charge in [0.1, 0.15) is 10.7 Å². The van der Waals surface area contributed by atoms with Crippen molar-refractivity contribution in [2.75, 3.05) is 19.8 Å². The zero-order valence-electron chi connectivity index (χ0n) is 13.5. The summed E-state index contributed by atoms with van der Waals surface area (Å²) < 4.78 is 5.42. The number of rotatable bonds is 2. The lowest BCUT2D eigenvalue weighted by Crippen LogP contribution is -2.47. The van der Waals surface area contributed by atoms with Crippen LogP contribution in [0.15, 0.2) is 0 Å². The first-order valence-electron chi connectivity index (χ1n) is 7.68. The highest BCUT2D eigenvalue weighted by Gasteiger charge is 2.28. The van der Waals surface area contributed by atoms with E-state index in [2.05, 4.69) is 9.97 Å². The van der Waals surface area contributed by atoms with Crippen molar-refractivity contribution >= 4 is 27.5 Å². The summed E-state index contributed by atoms with van der Waals surface area (Å²) in [6.45, 7) is 9.93. The lowest BCUT2D eigenvalue weighted by Gasteiger charge is -2.33. The number of ether oxygens (including phenoxy) is 1. The van der Waals surface area contributed by atoms with Crippen LogP contribution in [0.25, 0.3) is 10.2 Å². The number of nitrogens with zero attached hydrogens (tertiary/aromatic N) is 3. The average Bonchev–Trinajstić information content (AvgIpc) is 2.84. The molecule has 1 atom stereocenters. The molecule has 1 aliphatic heterocycles. The molecule has 3 rings (SSSR count). The van der Waals surface area contributed by atoms with Gasteiger partial charge in [-0.25, -0.2) is 9.97 Å². The van der Waals surface area contributed by atoms with E-state index in [1.54, 1.807) is 0 Å². The van der Waals surface area contributed by atoms with E-state index in [9.17, 15) is 4.79 Å². The van der Waals surface area contributed by atoms with Gasteiger partial charge in [-0.3, -0.25) is 4.79 Å². The molecule has 1 amide bonds. The molecule has 1 aliphatic rings. The van der Waals surface area contributed by atoms with E-state index in [-0.39, 0.29) is 11.9 Å². The second kappa shape index (κ2) is 5.93. The number of morpholine rings is 1. The molecule has 0 aliphatic carbocycles. The molecule has 3 heterocycles. The minimum atomic E-state index is 0.0914. The van der Waals surface area contributed by atoms with Crippen LogP contribution >= 0.6 is 11.3 Å². The van der Waals surface area contributed by atoms with E-state index in [4.69, 9.17) is 4.74 Å². The van der Waals surface area contributed by atoms with Gasteiger partial charge in [-0.15, -0.1) is 11.3 Å². The fourth-order valence-electron chi connectivity index (χ4n) is 2.92. The number of aromatic nitrogens is 2. The minimum absolute atomic E-state index is 0.0914. The highest BCUT2D eigenvalue weighted by molar-refractivity contribution is 7.20. The van der Waals surface area contributed by atoms with Crippen LogP contribution in [0, 0.1) is 13.8 Å². The van der Waals surface area contributed by atoms with Gasteiger partial charge in [0.15, 0.2) is 0 Å². The molecular formula is C16H21N3O2S. The molecule has 1 unspecified atom stereocenters. The summed E-state index contributed by atoms with van der Waals surface area (Å²) >= 11 is 1.49. The highest BCUT2D eigenvalue weighted by Crippen LogP contribution is 2.32. The molecule has 6 heteroatoms. The van der Waals surface area contributed by atoms with Gasteiger partial charge in [0, 0.05) is 24.0 Å². The Hall–Kier alpha value is -1.53. The number of fused-ring (bicyclic) bond motifs is 1. The Morgan fingerprint density at radius 1 is 1.41 bits per heavy atom. The van der Waals surface area contributed by atoms with Crippen molar-refractivity contribution in [3.63, 3.8) is 0 Å². The summed E-state index contributed by atoms with van der Waals surface area (Å²) in [5.74, 6) is 0.929. The molecule has 0 radical (unpaired) electrons. The Kier molecular flexibility index (Phi) is 4.14. The molecule has 0 saturated carbocycles. The van der Waals surface area contributed by atoms with Gasteiger partial charge in [0.25, 0.3) is 5.91 Å². The molecule has 118 valence electrons. The summed E-state index contributed by atoms with van der Waals surface area (Å²) in [6, 6.07) is 0.115. The smallest absolute Gasteiger partial charge is 0.264 e. The molecular weight excluding hydrogens is 298 g/mol. The first-order valence-corrected chi connectivity index (χ1v) is 8.49. The third-order valence-corrected chi connectivity index (χ3v) is 5.33. The Bertz CT molecular complexity index is 726. The maximum Gasteiger partial charge on any atom is 0.264 e. The fourth-order valence-corrected chi connectivity index (χ4v) is 4.12. The Morgan fingerprint density at radius 2 is 2.18 bits per heavy atom. The number of hydrogen-bond donors (Lipinski definition) is 0. The fraction of sp³-hybridized carbons (Fsp3) is 0.562. The zero-order chi connectivity index (χ0) is 15.9. The van der Waals surface area contributed by atoms with Crippen molar-refractivity contribution in [2.24, 2.45) is 0 Å². The maximum atomic E-state index is 12.9. The monoisotopic (exact) mass is 319 g/mol. The van der Waals surface area contributed by atoms with Crippen LogP contribution in [0.4, 0.5) is 0 Å². The third-order valence-electron chi connectivity index (χ3n) is 4.16. The van der Waals surface area contributed by atoms with Crippen molar-refractivity contribution in [3.8, 4) is 0 Å². The Morgan fingerprint density at radius 3 is 2.86 bits per heavy atom. The molecule has 0 N–H and O–H groups in total. The number of carbonyl (C=O) groups is 1. The zero-order valence-corrected chi connectivity index (χ0v) is 14.3. The summed E-state index contributed by atoms with van der Waals surface area (Å²) in [4.78, 5) is 25.6. The second-order valence-electron chi connectivity index (χ2n) is 5.74. The Labute approximate surface area is 134 Å². The predicted octanol–water partition coefficient (Wildman–Crippen LogP) is 2.73. The molecule has 0 aromatic carbocycles. The van der Waals surface area contributed by atoms with Gasteiger partial charge in [0.2, 0.25) is 0 Å². The van der Waals surface area contributed by atoms with Crippen molar-refractivity contribution in [2.45, 2.75) is 40.2 Å². The van der Waals surface area contributed by atoms with Gasteiger partial charge in [0.05, 0.1) is 24.1 Å². The van der Waals surface area contributed by atoms with E-state index in [1.807, 2.05) is 32.6 Å². The standard InChI is InChI=1S/C16H21N3O2S/c1-5-12-17-11(4)13-10(3)14(22-15(13)18-12)16(20)19-6-7-21-8-9(19)2/h9H,5-8H2,1-4H3. The Balaban J connectivity index is 2.05. The summed E-state index contributed by atoms with van der Waals surface area (Å²) in [5.41, 5.74) is 1.97. The summed E-state index contributed by atoms with van der Waals surface area (Å²) in [5, 5.41) is 1.03. The molecule has 22 heavy (non-hydrogen) atoms. The van der Waals surface area contributed by atoms with Gasteiger partial charge in [-0.05, 0) is 26.3 Å². The van der Waals surface area contributed by atoms with E-state index >= 15 is 0 Å². The number of carbonyl (C=O) groups excluding carboxylic acids is 1. The predicted molar refractivity (Wildman–Crippen MR) is 87.6 cm³/mol.